The Balaban J connectivity index is 1.61. The SMILES string of the molecule is O=C(NNC(=O)[C@@H]1CC(=O)N(c2ccccc2)C1)c1c(F)cccc1F. The number of anilines is 1. The van der Waals surface area contributed by atoms with E-state index in [2.05, 4.69) is 5.43 Å². The number of nitrogens with one attached hydrogen (secondary N) is 2. The normalized spacial score (nSPS) is 16.5. The lowest BCUT2D eigenvalue weighted by atomic mass is 10.1. The van der Waals surface area contributed by atoms with Gasteiger partial charge in [0.25, 0.3) is 5.91 Å². The molecule has 2 aromatic carbocycles. The molecule has 1 fully saturated rings. The molecule has 1 heterocycles. The van der Waals surface area contributed by atoms with E-state index in [0.29, 0.717) is 5.69 Å². The second-order valence-electron chi connectivity index (χ2n) is 5.78. The predicted octanol–water partition coefficient (Wildman–Crippen LogP) is 1.78. The Morgan fingerprint density at radius 1 is 0.962 bits per heavy atom. The number of hydrogen-bond acceptors (Lipinski definition) is 3. The summed E-state index contributed by atoms with van der Waals surface area (Å²) in [5.41, 5.74) is 3.98. The Morgan fingerprint density at radius 2 is 1.62 bits per heavy atom. The van der Waals surface area contributed by atoms with Crippen LogP contribution in [-0.4, -0.2) is 24.3 Å². The smallest absolute Gasteiger partial charge is 0.275 e. The van der Waals surface area contributed by atoms with E-state index in [1.807, 2.05) is 11.5 Å². The summed E-state index contributed by atoms with van der Waals surface area (Å²) in [4.78, 5) is 37.6. The van der Waals surface area contributed by atoms with E-state index in [9.17, 15) is 23.2 Å². The first-order valence-corrected chi connectivity index (χ1v) is 7.87. The van der Waals surface area contributed by atoms with Crippen molar-refractivity contribution in [3.8, 4) is 0 Å². The maximum absolute atomic E-state index is 13.6. The maximum Gasteiger partial charge on any atom is 0.275 e. The third-order valence-corrected chi connectivity index (χ3v) is 4.05. The second kappa shape index (κ2) is 7.30. The highest BCUT2D eigenvalue weighted by Gasteiger charge is 2.35. The molecule has 1 aliphatic rings. The molecule has 0 radical (unpaired) electrons. The summed E-state index contributed by atoms with van der Waals surface area (Å²) in [6, 6.07) is 11.9. The standard InChI is InChI=1S/C18H15F2N3O3/c19-13-7-4-8-14(20)16(13)18(26)22-21-17(25)11-9-15(24)23(10-11)12-5-2-1-3-6-12/h1-8,11H,9-10H2,(H,21,25)(H,22,26)/t11-/m1/s1. The van der Waals surface area contributed by atoms with Gasteiger partial charge in [0, 0.05) is 18.7 Å². The van der Waals surface area contributed by atoms with E-state index < -0.39 is 34.9 Å². The van der Waals surface area contributed by atoms with Gasteiger partial charge >= 0.3 is 0 Å². The summed E-state index contributed by atoms with van der Waals surface area (Å²) in [6.07, 6.45) is -0.0232. The fourth-order valence-corrected chi connectivity index (χ4v) is 2.74. The Kier molecular flexibility index (Phi) is 4.92. The maximum atomic E-state index is 13.6. The molecular weight excluding hydrogens is 344 g/mol. The van der Waals surface area contributed by atoms with Crippen molar-refractivity contribution in [1.82, 2.24) is 10.9 Å². The molecule has 26 heavy (non-hydrogen) atoms. The van der Waals surface area contributed by atoms with Crippen LogP contribution in [0, 0.1) is 17.6 Å². The van der Waals surface area contributed by atoms with Gasteiger partial charge in [0.1, 0.15) is 17.2 Å². The highest BCUT2D eigenvalue weighted by Crippen LogP contribution is 2.24. The molecule has 3 rings (SSSR count). The van der Waals surface area contributed by atoms with Crippen molar-refractivity contribution in [2.24, 2.45) is 5.92 Å². The molecular formula is C18H15F2N3O3. The van der Waals surface area contributed by atoms with Crippen LogP contribution in [0.15, 0.2) is 48.5 Å². The Labute approximate surface area is 147 Å². The number of amides is 3. The molecule has 2 aromatic rings. The molecule has 1 aliphatic heterocycles. The third kappa shape index (κ3) is 3.53. The molecule has 0 aromatic heterocycles. The Hall–Kier alpha value is -3.29. The van der Waals surface area contributed by atoms with E-state index in [-0.39, 0.29) is 18.9 Å². The summed E-state index contributed by atoms with van der Waals surface area (Å²) in [7, 11) is 0. The minimum Gasteiger partial charge on any atom is -0.312 e. The molecule has 0 bridgehead atoms. The molecule has 134 valence electrons. The van der Waals surface area contributed by atoms with Crippen LogP contribution in [0.4, 0.5) is 14.5 Å². The van der Waals surface area contributed by atoms with Crippen LogP contribution in [0.3, 0.4) is 0 Å². The number of hydrogen-bond donors (Lipinski definition) is 2. The van der Waals surface area contributed by atoms with Crippen molar-refractivity contribution in [2.75, 3.05) is 11.4 Å². The zero-order chi connectivity index (χ0) is 18.7. The number of carbonyl (C=O) groups is 3. The highest BCUT2D eigenvalue weighted by atomic mass is 19.1. The summed E-state index contributed by atoms with van der Waals surface area (Å²) >= 11 is 0. The van der Waals surface area contributed by atoms with Gasteiger partial charge in [-0.1, -0.05) is 24.3 Å². The van der Waals surface area contributed by atoms with Crippen LogP contribution in [-0.2, 0) is 9.59 Å². The Bertz CT molecular complexity index is 838. The molecule has 0 saturated carbocycles. The molecule has 2 N–H and O–H groups in total. The molecule has 1 saturated heterocycles. The lowest BCUT2D eigenvalue weighted by Crippen LogP contribution is -2.45. The first-order valence-electron chi connectivity index (χ1n) is 7.87. The van der Waals surface area contributed by atoms with Crippen molar-refractivity contribution in [2.45, 2.75) is 6.42 Å². The summed E-state index contributed by atoms with van der Waals surface area (Å²) in [6.45, 7) is 0.151. The van der Waals surface area contributed by atoms with E-state index >= 15 is 0 Å². The van der Waals surface area contributed by atoms with Crippen molar-refractivity contribution in [3.05, 3.63) is 65.7 Å². The average Bonchev–Trinajstić information content (AvgIpc) is 3.02. The summed E-state index contributed by atoms with van der Waals surface area (Å²) in [5, 5.41) is 0. The van der Waals surface area contributed by atoms with Gasteiger partial charge in [-0.2, -0.15) is 0 Å². The second-order valence-corrected chi connectivity index (χ2v) is 5.78. The topological polar surface area (TPSA) is 78.5 Å². The monoisotopic (exact) mass is 359 g/mol. The van der Waals surface area contributed by atoms with Gasteiger partial charge in [-0.3, -0.25) is 25.2 Å². The third-order valence-electron chi connectivity index (χ3n) is 4.05. The van der Waals surface area contributed by atoms with Crippen LogP contribution in [0.5, 0.6) is 0 Å². The first-order chi connectivity index (χ1) is 12.5. The van der Waals surface area contributed by atoms with Crippen molar-refractivity contribution in [3.63, 3.8) is 0 Å². The fourth-order valence-electron chi connectivity index (χ4n) is 2.74. The predicted molar refractivity (Wildman–Crippen MR) is 88.9 cm³/mol. The molecule has 0 spiro atoms. The number of benzene rings is 2. The van der Waals surface area contributed by atoms with E-state index in [1.165, 1.54) is 4.90 Å². The molecule has 1 atom stereocenters. The number of nitrogens with zero attached hydrogens (tertiary/aromatic N) is 1. The van der Waals surface area contributed by atoms with Gasteiger partial charge in [0.15, 0.2) is 0 Å². The lowest BCUT2D eigenvalue weighted by Gasteiger charge is -2.16. The number of para-hydroxylation sites is 1. The summed E-state index contributed by atoms with van der Waals surface area (Å²) < 4.78 is 27.1. The van der Waals surface area contributed by atoms with Gasteiger partial charge in [-0.15, -0.1) is 0 Å². The lowest BCUT2D eigenvalue weighted by molar-refractivity contribution is -0.126. The minimum atomic E-state index is -1.11. The minimum absolute atomic E-state index is 0.0232. The van der Waals surface area contributed by atoms with Crippen LogP contribution >= 0.6 is 0 Å². The molecule has 0 unspecified atom stereocenters. The fraction of sp³-hybridized carbons (Fsp3) is 0.167. The van der Waals surface area contributed by atoms with Crippen LogP contribution < -0.4 is 15.8 Å². The van der Waals surface area contributed by atoms with Gasteiger partial charge in [0.05, 0.1) is 5.92 Å². The van der Waals surface area contributed by atoms with Crippen LogP contribution in [0.25, 0.3) is 0 Å². The van der Waals surface area contributed by atoms with Crippen molar-refractivity contribution >= 4 is 23.4 Å². The van der Waals surface area contributed by atoms with E-state index in [1.54, 1.807) is 24.3 Å². The van der Waals surface area contributed by atoms with Crippen LogP contribution in [0.2, 0.25) is 0 Å². The highest BCUT2D eigenvalue weighted by molar-refractivity contribution is 6.01. The number of carbonyl (C=O) groups excluding carboxylic acids is 3. The van der Waals surface area contributed by atoms with E-state index in [0.717, 1.165) is 18.2 Å². The van der Waals surface area contributed by atoms with Crippen molar-refractivity contribution in [1.29, 1.82) is 0 Å². The molecule has 6 nitrogen and oxygen atoms in total. The van der Waals surface area contributed by atoms with Gasteiger partial charge in [-0.25, -0.2) is 8.78 Å². The summed E-state index contributed by atoms with van der Waals surface area (Å²) in [5.74, 6) is -4.71. The first kappa shape index (κ1) is 17.5. The number of hydrazine groups is 1. The van der Waals surface area contributed by atoms with Gasteiger partial charge < -0.3 is 4.90 Å². The molecule has 8 heteroatoms. The molecule has 0 aliphatic carbocycles. The largest absolute Gasteiger partial charge is 0.312 e. The van der Waals surface area contributed by atoms with Crippen molar-refractivity contribution < 1.29 is 23.2 Å². The van der Waals surface area contributed by atoms with E-state index in [4.69, 9.17) is 0 Å². The zero-order valence-electron chi connectivity index (χ0n) is 13.5. The van der Waals surface area contributed by atoms with Crippen LogP contribution in [0.1, 0.15) is 16.8 Å². The number of halogens is 2. The molecule has 3 amide bonds. The number of rotatable bonds is 3. The quantitative estimate of drug-likeness (QED) is 0.820. The van der Waals surface area contributed by atoms with Gasteiger partial charge in [0.2, 0.25) is 11.8 Å². The van der Waals surface area contributed by atoms with Gasteiger partial charge in [-0.05, 0) is 24.3 Å². The average molecular weight is 359 g/mol. The zero-order valence-corrected chi connectivity index (χ0v) is 13.5. The Morgan fingerprint density at radius 3 is 2.27 bits per heavy atom.